The van der Waals surface area contributed by atoms with Gasteiger partial charge in [-0.1, -0.05) is 0 Å². The van der Waals surface area contributed by atoms with E-state index in [-0.39, 0.29) is 11.9 Å². The number of hydrogen-bond donors (Lipinski definition) is 1. The molecule has 1 aromatic carbocycles. The Kier molecular flexibility index (Phi) is 3.16. The molecular formula is C14H15N3OS. The largest absolute Gasteiger partial charge is 0.312 e. The molecule has 1 amide bonds. The number of benzene rings is 1. The second-order valence-corrected chi connectivity index (χ2v) is 5.59. The summed E-state index contributed by atoms with van der Waals surface area (Å²) in [5.74, 6) is 0.850. The van der Waals surface area contributed by atoms with Crippen molar-refractivity contribution in [1.29, 1.82) is 0 Å². The Labute approximate surface area is 116 Å². The molecule has 0 fully saturated rings. The van der Waals surface area contributed by atoms with Gasteiger partial charge < -0.3 is 10.2 Å². The van der Waals surface area contributed by atoms with Crippen LogP contribution in [-0.2, 0) is 4.79 Å². The number of aromatic nitrogens is 1. The fourth-order valence-electron chi connectivity index (χ4n) is 2.37. The van der Waals surface area contributed by atoms with Gasteiger partial charge in [-0.3, -0.25) is 9.78 Å². The van der Waals surface area contributed by atoms with E-state index in [0.29, 0.717) is 0 Å². The molecule has 0 bridgehead atoms. The van der Waals surface area contributed by atoms with Gasteiger partial charge in [0, 0.05) is 29.3 Å². The Morgan fingerprint density at radius 3 is 3.05 bits per heavy atom. The molecule has 0 saturated carbocycles. The van der Waals surface area contributed by atoms with Crippen molar-refractivity contribution in [3.8, 4) is 0 Å². The molecule has 0 spiro atoms. The lowest BCUT2D eigenvalue weighted by atomic mass is 10.1. The first-order chi connectivity index (χ1) is 9.22. The van der Waals surface area contributed by atoms with Crippen molar-refractivity contribution >= 4 is 34.3 Å². The summed E-state index contributed by atoms with van der Waals surface area (Å²) in [6.45, 7) is 0. The Morgan fingerprint density at radius 1 is 1.42 bits per heavy atom. The van der Waals surface area contributed by atoms with Crippen molar-refractivity contribution in [3.05, 3.63) is 30.5 Å². The van der Waals surface area contributed by atoms with Crippen LogP contribution < -0.4 is 10.2 Å². The van der Waals surface area contributed by atoms with Gasteiger partial charge in [0.05, 0.1) is 17.2 Å². The van der Waals surface area contributed by atoms with Gasteiger partial charge >= 0.3 is 0 Å². The SMILES string of the molecule is CN[C@H]1CSc2ccc3ncccc3c2N(C)C1=O. The molecule has 5 heteroatoms. The molecule has 0 aliphatic carbocycles. The number of nitrogens with zero attached hydrogens (tertiary/aromatic N) is 2. The van der Waals surface area contributed by atoms with Crippen LogP contribution in [0, 0.1) is 0 Å². The van der Waals surface area contributed by atoms with E-state index >= 15 is 0 Å². The fourth-order valence-corrected chi connectivity index (χ4v) is 3.58. The highest BCUT2D eigenvalue weighted by atomic mass is 32.2. The number of fused-ring (bicyclic) bond motifs is 3. The highest BCUT2D eigenvalue weighted by Crippen LogP contribution is 2.38. The molecule has 2 aromatic rings. The zero-order valence-electron chi connectivity index (χ0n) is 10.9. The Morgan fingerprint density at radius 2 is 2.26 bits per heavy atom. The van der Waals surface area contributed by atoms with Crippen LogP contribution >= 0.6 is 11.8 Å². The van der Waals surface area contributed by atoms with Crippen LogP contribution in [0.25, 0.3) is 10.9 Å². The lowest BCUT2D eigenvalue weighted by Gasteiger charge is -2.21. The quantitative estimate of drug-likeness (QED) is 0.862. The van der Waals surface area contributed by atoms with E-state index in [1.807, 2.05) is 32.3 Å². The lowest BCUT2D eigenvalue weighted by Crippen LogP contribution is -2.44. The number of rotatable bonds is 1. The van der Waals surface area contributed by atoms with Gasteiger partial charge in [-0.2, -0.15) is 0 Å². The van der Waals surface area contributed by atoms with Crippen molar-refractivity contribution < 1.29 is 4.79 Å². The van der Waals surface area contributed by atoms with E-state index in [0.717, 1.165) is 27.2 Å². The average molecular weight is 273 g/mol. The minimum absolute atomic E-state index is 0.102. The van der Waals surface area contributed by atoms with Crippen LogP contribution in [0.1, 0.15) is 0 Å². The van der Waals surface area contributed by atoms with Crippen LogP contribution in [0.5, 0.6) is 0 Å². The third-order valence-electron chi connectivity index (χ3n) is 3.44. The maximum atomic E-state index is 12.4. The van der Waals surface area contributed by atoms with Crippen molar-refractivity contribution in [3.63, 3.8) is 0 Å². The molecule has 3 rings (SSSR count). The molecule has 0 unspecified atom stereocenters. The number of likely N-dealkylation sites (N-methyl/N-ethyl adjacent to an activating group) is 2. The lowest BCUT2D eigenvalue weighted by molar-refractivity contribution is -0.119. The normalized spacial score (nSPS) is 19.4. The predicted molar refractivity (Wildman–Crippen MR) is 78.7 cm³/mol. The summed E-state index contributed by atoms with van der Waals surface area (Å²) in [5.41, 5.74) is 1.89. The third-order valence-corrected chi connectivity index (χ3v) is 4.58. The fraction of sp³-hybridized carbons (Fsp3) is 0.286. The van der Waals surface area contributed by atoms with Crippen LogP contribution in [0.4, 0.5) is 5.69 Å². The Balaban J connectivity index is 2.22. The number of carbonyl (C=O) groups is 1. The standard InChI is InChI=1S/C14H15N3OS/c1-15-11-8-19-12-6-5-10-9(4-3-7-16-10)13(12)17(2)14(11)18/h3-7,11,15H,8H2,1-2H3/t11-/m0/s1. The highest BCUT2D eigenvalue weighted by molar-refractivity contribution is 7.99. The number of nitrogens with one attached hydrogen (secondary N) is 1. The molecule has 1 aliphatic heterocycles. The molecule has 1 aromatic heterocycles. The molecule has 0 radical (unpaired) electrons. The second-order valence-electron chi connectivity index (χ2n) is 4.53. The first-order valence-corrected chi connectivity index (χ1v) is 7.16. The topological polar surface area (TPSA) is 45.2 Å². The molecule has 4 nitrogen and oxygen atoms in total. The van der Waals surface area contributed by atoms with Crippen molar-refractivity contribution in [2.45, 2.75) is 10.9 Å². The molecule has 1 N–H and O–H groups in total. The first-order valence-electron chi connectivity index (χ1n) is 6.17. The van der Waals surface area contributed by atoms with Gasteiger partial charge in [-0.05, 0) is 31.3 Å². The van der Waals surface area contributed by atoms with Gasteiger partial charge in [-0.25, -0.2) is 0 Å². The average Bonchev–Trinajstić information content (AvgIpc) is 2.57. The minimum atomic E-state index is -0.144. The van der Waals surface area contributed by atoms with Gasteiger partial charge in [-0.15, -0.1) is 11.8 Å². The molecule has 0 saturated heterocycles. The first kappa shape index (κ1) is 12.4. The molecule has 1 aliphatic rings. The minimum Gasteiger partial charge on any atom is -0.312 e. The van der Waals surface area contributed by atoms with Crippen LogP contribution in [0.3, 0.4) is 0 Å². The number of thioether (sulfide) groups is 1. The summed E-state index contributed by atoms with van der Waals surface area (Å²) in [6.07, 6.45) is 1.77. The van der Waals surface area contributed by atoms with Crippen LogP contribution in [-0.4, -0.2) is 36.8 Å². The van der Waals surface area contributed by atoms with Crippen molar-refractivity contribution in [1.82, 2.24) is 10.3 Å². The summed E-state index contributed by atoms with van der Waals surface area (Å²) in [7, 11) is 3.66. The predicted octanol–water partition coefficient (Wildman–Crippen LogP) is 1.89. The molecule has 98 valence electrons. The zero-order chi connectivity index (χ0) is 13.4. The molecule has 2 heterocycles. The maximum absolute atomic E-state index is 12.4. The molecule has 1 atom stereocenters. The Hall–Kier alpha value is -1.59. The summed E-state index contributed by atoms with van der Waals surface area (Å²) in [6, 6.07) is 7.85. The summed E-state index contributed by atoms with van der Waals surface area (Å²) >= 11 is 1.71. The number of carbonyl (C=O) groups excluding carboxylic acids is 1. The van der Waals surface area contributed by atoms with Gasteiger partial charge in [0.2, 0.25) is 5.91 Å². The summed E-state index contributed by atoms with van der Waals surface area (Å²) in [5, 5.41) is 4.11. The summed E-state index contributed by atoms with van der Waals surface area (Å²) < 4.78 is 0. The molecular weight excluding hydrogens is 258 g/mol. The van der Waals surface area contributed by atoms with E-state index < -0.39 is 0 Å². The van der Waals surface area contributed by atoms with Crippen molar-refractivity contribution in [2.24, 2.45) is 0 Å². The van der Waals surface area contributed by atoms with Gasteiger partial charge in [0.15, 0.2) is 0 Å². The van der Waals surface area contributed by atoms with Gasteiger partial charge in [0.25, 0.3) is 0 Å². The van der Waals surface area contributed by atoms with E-state index in [9.17, 15) is 4.79 Å². The van der Waals surface area contributed by atoms with Crippen LogP contribution in [0.2, 0.25) is 0 Å². The third kappa shape index (κ3) is 1.99. The van der Waals surface area contributed by atoms with Crippen LogP contribution in [0.15, 0.2) is 35.4 Å². The van der Waals surface area contributed by atoms with Gasteiger partial charge in [0.1, 0.15) is 0 Å². The zero-order valence-corrected chi connectivity index (χ0v) is 11.7. The van der Waals surface area contributed by atoms with Crippen molar-refractivity contribution in [2.75, 3.05) is 24.7 Å². The van der Waals surface area contributed by atoms with E-state index in [1.54, 1.807) is 22.9 Å². The number of pyridine rings is 1. The highest BCUT2D eigenvalue weighted by Gasteiger charge is 2.28. The Bertz CT molecular complexity index is 644. The monoisotopic (exact) mass is 273 g/mol. The van der Waals surface area contributed by atoms with E-state index in [4.69, 9.17) is 0 Å². The van der Waals surface area contributed by atoms with E-state index in [2.05, 4.69) is 16.4 Å². The smallest absolute Gasteiger partial charge is 0.244 e. The van der Waals surface area contributed by atoms with E-state index in [1.165, 1.54) is 0 Å². The molecule has 19 heavy (non-hydrogen) atoms. The number of amides is 1. The second kappa shape index (κ2) is 4.83. The number of hydrogen-bond acceptors (Lipinski definition) is 4. The maximum Gasteiger partial charge on any atom is 0.244 e. The summed E-state index contributed by atoms with van der Waals surface area (Å²) in [4.78, 5) is 19.7. The number of anilines is 1.